The molecule has 0 spiro atoms. The second-order valence-corrected chi connectivity index (χ2v) is 33.5. The molecule has 17 atom stereocenters. The van der Waals surface area contributed by atoms with E-state index in [1.807, 2.05) is 6.08 Å². The maximum Gasteiger partial charge on any atom is 0.220 e. The number of allylic oxidation sites excluding steroid dienone is 1. The first kappa shape index (κ1) is 102. The number of hydrogen-bond donors (Lipinski definition) is 12. The standard InChI is InChI=1S/C90H173NO18/c1-3-5-7-9-11-13-15-17-19-21-23-25-27-29-31-33-34-35-36-37-38-40-42-44-46-48-50-52-54-56-58-60-62-64-66-68-78(96)91-73(74(95)67-65-63-61-59-57-55-53-51-49-47-45-43-41-39-32-30-28-26-24-22-20-18-16-14-12-10-8-6-4-2)72-104-88-84(102)81(99)86(76(70-93)106-88)109-90-85(103)82(100)87(77(71-94)107-90)108-89-83(101)80(98)79(97)75(69-92)105-89/h65,67,73-77,79-90,92-95,97-103H,3-64,66,68-72H2,1-2H3,(H,91,96)/b67-65+. The summed E-state index contributed by atoms with van der Waals surface area (Å²) >= 11 is 0. The number of aliphatic hydroxyl groups is 11. The highest BCUT2D eigenvalue weighted by Crippen LogP contribution is 2.34. The van der Waals surface area contributed by atoms with E-state index in [1.165, 1.54) is 353 Å². The minimum atomic E-state index is -1.98. The van der Waals surface area contributed by atoms with Gasteiger partial charge in [-0.25, -0.2) is 0 Å². The molecule has 646 valence electrons. The number of carbonyl (C=O) groups excluding carboxylic acids is 1. The fraction of sp³-hybridized carbons (Fsp3) is 0.967. The number of amides is 1. The molecule has 3 rings (SSSR count). The van der Waals surface area contributed by atoms with Gasteiger partial charge in [-0.15, -0.1) is 0 Å². The van der Waals surface area contributed by atoms with E-state index >= 15 is 0 Å². The van der Waals surface area contributed by atoms with Gasteiger partial charge in [0.2, 0.25) is 5.91 Å². The Bertz CT molecular complexity index is 2010. The van der Waals surface area contributed by atoms with Crippen LogP contribution in [0.3, 0.4) is 0 Å². The molecule has 0 bridgehead atoms. The van der Waals surface area contributed by atoms with Crippen LogP contribution in [0.1, 0.15) is 425 Å². The lowest BCUT2D eigenvalue weighted by Crippen LogP contribution is -2.66. The zero-order valence-corrected chi connectivity index (χ0v) is 69.8. The quantitative estimate of drug-likeness (QED) is 0.0199. The summed E-state index contributed by atoms with van der Waals surface area (Å²) in [6, 6.07) is -0.971. The molecule has 0 aromatic rings. The second kappa shape index (κ2) is 70.7. The Balaban J connectivity index is 1.31. The maximum atomic E-state index is 13.5. The van der Waals surface area contributed by atoms with Crippen LogP contribution in [0.15, 0.2) is 12.2 Å². The predicted molar refractivity (Wildman–Crippen MR) is 439 cm³/mol. The normalized spacial score (nSPS) is 25.2. The van der Waals surface area contributed by atoms with Gasteiger partial charge in [-0.2, -0.15) is 0 Å². The molecular formula is C90H173NO18. The molecule has 1 amide bonds. The van der Waals surface area contributed by atoms with Gasteiger partial charge in [0, 0.05) is 6.42 Å². The number of nitrogens with one attached hydrogen (secondary N) is 1. The van der Waals surface area contributed by atoms with Gasteiger partial charge in [0.25, 0.3) is 0 Å². The minimum absolute atomic E-state index is 0.251. The van der Waals surface area contributed by atoms with Gasteiger partial charge in [-0.3, -0.25) is 4.79 Å². The lowest BCUT2D eigenvalue weighted by Gasteiger charge is -2.48. The number of carbonyl (C=O) groups is 1. The summed E-state index contributed by atoms with van der Waals surface area (Å²) in [6.07, 6.45) is 60.9. The predicted octanol–water partition coefficient (Wildman–Crippen LogP) is 17.9. The molecule has 19 heteroatoms. The third-order valence-corrected chi connectivity index (χ3v) is 23.6. The highest BCUT2D eigenvalue weighted by molar-refractivity contribution is 5.76. The van der Waals surface area contributed by atoms with E-state index in [4.69, 9.17) is 28.4 Å². The summed E-state index contributed by atoms with van der Waals surface area (Å²) in [6.45, 7) is 1.83. The first-order chi connectivity index (χ1) is 53.3. The molecule has 0 aliphatic carbocycles. The Morgan fingerprint density at radius 1 is 0.321 bits per heavy atom. The third kappa shape index (κ3) is 49.4. The molecule has 3 aliphatic heterocycles. The topological polar surface area (TPSA) is 307 Å². The molecule has 3 fully saturated rings. The third-order valence-electron chi connectivity index (χ3n) is 23.6. The van der Waals surface area contributed by atoms with E-state index in [9.17, 15) is 61.0 Å². The van der Waals surface area contributed by atoms with Crippen LogP contribution in [-0.4, -0.2) is 193 Å². The summed E-state index contributed by atoms with van der Waals surface area (Å²) in [5.41, 5.74) is 0. The van der Waals surface area contributed by atoms with E-state index < -0.39 is 124 Å². The summed E-state index contributed by atoms with van der Waals surface area (Å²) in [7, 11) is 0. The summed E-state index contributed by atoms with van der Waals surface area (Å²) < 4.78 is 34.6. The second-order valence-electron chi connectivity index (χ2n) is 33.5. The molecule has 17 unspecified atom stereocenters. The van der Waals surface area contributed by atoms with Crippen molar-refractivity contribution in [2.45, 2.75) is 529 Å². The van der Waals surface area contributed by atoms with Crippen molar-refractivity contribution < 1.29 is 89.4 Å². The molecule has 0 saturated carbocycles. The first-order valence-corrected chi connectivity index (χ1v) is 46.4. The van der Waals surface area contributed by atoms with Crippen molar-refractivity contribution >= 4 is 5.91 Å². The van der Waals surface area contributed by atoms with Crippen molar-refractivity contribution in [2.24, 2.45) is 0 Å². The zero-order valence-electron chi connectivity index (χ0n) is 69.8. The van der Waals surface area contributed by atoms with Gasteiger partial charge in [0.05, 0.1) is 38.6 Å². The number of hydrogen-bond acceptors (Lipinski definition) is 18. The SMILES string of the molecule is CCCCCCCCCCCCCCCCCCCCCCCCCCCCC/C=C/C(O)C(COC1OC(CO)C(OC2OC(CO)C(OC3OC(CO)C(O)C(O)C3O)C(O)C2O)C(O)C1O)NC(=O)CCCCCCCCCCCCCCCCCCCCCCCCCCCCCCCCCCCCC. The average Bonchev–Trinajstić information content (AvgIpc) is 0.771. The molecule has 0 aromatic heterocycles. The van der Waals surface area contributed by atoms with Crippen LogP contribution >= 0.6 is 0 Å². The van der Waals surface area contributed by atoms with Crippen molar-refractivity contribution in [1.29, 1.82) is 0 Å². The van der Waals surface area contributed by atoms with Gasteiger partial charge in [-0.05, 0) is 19.3 Å². The van der Waals surface area contributed by atoms with Crippen LogP contribution in [0.2, 0.25) is 0 Å². The Kier molecular flexibility index (Phi) is 66.0. The lowest BCUT2D eigenvalue weighted by molar-refractivity contribution is -0.379. The molecule has 12 N–H and O–H groups in total. The fourth-order valence-electron chi connectivity index (χ4n) is 16.2. The molecule has 0 aromatic carbocycles. The Labute approximate surface area is 665 Å². The molecule has 0 radical (unpaired) electrons. The van der Waals surface area contributed by atoms with Crippen LogP contribution in [0.4, 0.5) is 0 Å². The Hall–Kier alpha value is -1.47. The van der Waals surface area contributed by atoms with Crippen LogP contribution in [0.5, 0.6) is 0 Å². The summed E-state index contributed by atoms with van der Waals surface area (Å²) in [5.74, 6) is -0.264. The van der Waals surface area contributed by atoms with Crippen molar-refractivity contribution in [3.63, 3.8) is 0 Å². The highest BCUT2D eigenvalue weighted by atomic mass is 16.8. The largest absolute Gasteiger partial charge is 0.394 e. The number of ether oxygens (including phenoxy) is 6. The van der Waals surface area contributed by atoms with Gasteiger partial charge in [0.1, 0.15) is 73.2 Å². The molecule has 109 heavy (non-hydrogen) atoms. The maximum absolute atomic E-state index is 13.5. The summed E-state index contributed by atoms with van der Waals surface area (Å²) in [4.78, 5) is 13.5. The minimum Gasteiger partial charge on any atom is -0.394 e. The Morgan fingerprint density at radius 3 is 0.862 bits per heavy atom. The van der Waals surface area contributed by atoms with Gasteiger partial charge >= 0.3 is 0 Å². The first-order valence-electron chi connectivity index (χ1n) is 46.4. The molecular weight excluding hydrogens is 1380 g/mol. The van der Waals surface area contributed by atoms with E-state index in [0.29, 0.717) is 6.42 Å². The Morgan fingerprint density at radius 2 is 0.569 bits per heavy atom. The van der Waals surface area contributed by atoms with E-state index in [-0.39, 0.29) is 18.9 Å². The van der Waals surface area contributed by atoms with Crippen molar-refractivity contribution in [1.82, 2.24) is 5.32 Å². The van der Waals surface area contributed by atoms with Crippen molar-refractivity contribution in [2.75, 3.05) is 26.4 Å². The number of aliphatic hydroxyl groups excluding tert-OH is 11. The lowest BCUT2D eigenvalue weighted by atomic mass is 9.96. The fourth-order valence-corrected chi connectivity index (χ4v) is 16.2. The van der Waals surface area contributed by atoms with E-state index in [2.05, 4.69) is 19.2 Å². The zero-order chi connectivity index (χ0) is 78.8. The van der Waals surface area contributed by atoms with E-state index in [1.54, 1.807) is 6.08 Å². The van der Waals surface area contributed by atoms with Gasteiger partial charge in [-0.1, -0.05) is 411 Å². The van der Waals surface area contributed by atoms with Crippen molar-refractivity contribution in [3.8, 4) is 0 Å². The highest BCUT2D eigenvalue weighted by Gasteiger charge is 2.54. The molecule has 3 aliphatic rings. The molecule has 19 nitrogen and oxygen atoms in total. The number of rotatable bonds is 77. The van der Waals surface area contributed by atoms with Gasteiger partial charge < -0.3 is 89.9 Å². The van der Waals surface area contributed by atoms with Crippen LogP contribution < -0.4 is 5.32 Å². The van der Waals surface area contributed by atoms with Crippen LogP contribution in [-0.2, 0) is 33.2 Å². The monoisotopic (exact) mass is 1560 g/mol. The van der Waals surface area contributed by atoms with Crippen LogP contribution in [0.25, 0.3) is 0 Å². The molecule has 3 heterocycles. The van der Waals surface area contributed by atoms with Crippen LogP contribution in [0, 0.1) is 0 Å². The van der Waals surface area contributed by atoms with E-state index in [0.717, 1.165) is 44.9 Å². The van der Waals surface area contributed by atoms with Gasteiger partial charge in [0.15, 0.2) is 18.9 Å². The smallest absolute Gasteiger partial charge is 0.220 e. The summed E-state index contributed by atoms with van der Waals surface area (Å²) in [5, 5.41) is 121. The average molecular weight is 1560 g/mol. The number of unbranched alkanes of at least 4 members (excludes halogenated alkanes) is 61. The van der Waals surface area contributed by atoms with Crippen molar-refractivity contribution in [3.05, 3.63) is 12.2 Å². The molecule has 3 saturated heterocycles.